The number of carbonyl (C=O) groups is 2. The van der Waals surface area contributed by atoms with E-state index in [1.54, 1.807) is 38.1 Å². The van der Waals surface area contributed by atoms with Crippen LogP contribution >= 0.6 is 11.3 Å². The SMILES string of the molecule is CCCOc1ccc(C=C(C#N)C(=O)Nc2sc(C)c(C)c2C(=O)OCC)cc1. The van der Waals surface area contributed by atoms with Crippen LogP contribution in [0.25, 0.3) is 6.08 Å². The van der Waals surface area contributed by atoms with Crippen molar-refractivity contribution in [1.82, 2.24) is 0 Å². The maximum atomic E-state index is 12.6. The maximum absolute atomic E-state index is 12.6. The van der Waals surface area contributed by atoms with E-state index in [0.29, 0.717) is 22.7 Å². The fraction of sp³-hybridized carbons (Fsp3) is 0.318. The van der Waals surface area contributed by atoms with Crippen molar-refractivity contribution in [3.8, 4) is 11.8 Å². The smallest absolute Gasteiger partial charge is 0.341 e. The van der Waals surface area contributed by atoms with Crippen molar-refractivity contribution in [2.45, 2.75) is 34.1 Å². The lowest BCUT2D eigenvalue weighted by Gasteiger charge is -2.07. The van der Waals surface area contributed by atoms with E-state index in [9.17, 15) is 14.9 Å². The molecule has 1 aromatic heterocycles. The van der Waals surface area contributed by atoms with Gasteiger partial charge in [0.1, 0.15) is 22.4 Å². The number of nitrogens with zero attached hydrogens (tertiary/aromatic N) is 1. The monoisotopic (exact) mass is 412 g/mol. The number of nitrogens with one attached hydrogen (secondary N) is 1. The molecule has 1 N–H and O–H groups in total. The molecule has 1 heterocycles. The van der Waals surface area contributed by atoms with Crippen molar-refractivity contribution in [3.63, 3.8) is 0 Å². The largest absolute Gasteiger partial charge is 0.494 e. The molecule has 0 radical (unpaired) electrons. The van der Waals surface area contributed by atoms with Crippen LogP contribution in [0.3, 0.4) is 0 Å². The van der Waals surface area contributed by atoms with E-state index in [-0.39, 0.29) is 12.2 Å². The zero-order valence-electron chi connectivity index (χ0n) is 17.0. The second-order valence-electron chi connectivity index (χ2n) is 6.25. The van der Waals surface area contributed by atoms with Gasteiger partial charge in [0.05, 0.1) is 18.8 Å². The number of rotatable bonds is 8. The van der Waals surface area contributed by atoms with Crippen molar-refractivity contribution in [1.29, 1.82) is 5.26 Å². The summed E-state index contributed by atoms with van der Waals surface area (Å²) in [6, 6.07) is 9.06. The Kier molecular flexibility index (Phi) is 7.98. The van der Waals surface area contributed by atoms with Gasteiger partial charge in [0, 0.05) is 4.88 Å². The molecule has 0 atom stereocenters. The van der Waals surface area contributed by atoms with Crippen LogP contribution in [-0.4, -0.2) is 25.1 Å². The van der Waals surface area contributed by atoms with Gasteiger partial charge in [-0.15, -0.1) is 11.3 Å². The summed E-state index contributed by atoms with van der Waals surface area (Å²) in [4.78, 5) is 25.8. The lowest BCUT2D eigenvalue weighted by atomic mass is 10.1. The highest BCUT2D eigenvalue weighted by molar-refractivity contribution is 7.16. The van der Waals surface area contributed by atoms with Gasteiger partial charge in [0.2, 0.25) is 0 Å². The van der Waals surface area contributed by atoms with E-state index in [2.05, 4.69) is 5.32 Å². The highest BCUT2D eigenvalue weighted by Gasteiger charge is 2.23. The number of carbonyl (C=O) groups excluding carboxylic acids is 2. The Morgan fingerprint density at radius 3 is 2.48 bits per heavy atom. The summed E-state index contributed by atoms with van der Waals surface area (Å²) < 4.78 is 10.6. The Bertz CT molecular complexity index is 952. The van der Waals surface area contributed by atoms with Gasteiger partial charge in [-0.05, 0) is 56.5 Å². The first-order valence-corrected chi connectivity index (χ1v) is 10.2. The molecular formula is C22H24N2O4S. The average molecular weight is 413 g/mol. The number of hydrogen-bond acceptors (Lipinski definition) is 6. The van der Waals surface area contributed by atoms with E-state index < -0.39 is 11.9 Å². The van der Waals surface area contributed by atoms with E-state index in [1.807, 2.05) is 19.9 Å². The molecule has 0 unspecified atom stereocenters. The molecule has 0 aliphatic rings. The minimum absolute atomic E-state index is 0.0641. The first-order valence-electron chi connectivity index (χ1n) is 9.34. The molecule has 1 aromatic carbocycles. The van der Waals surface area contributed by atoms with Crippen molar-refractivity contribution >= 4 is 34.3 Å². The fourth-order valence-electron chi connectivity index (χ4n) is 2.53. The van der Waals surface area contributed by atoms with Gasteiger partial charge >= 0.3 is 5.97 Å². The molecule has 152 valence electrons. The Labute approximate surface area is 174 Å². The van der Waals surface area contributed by atoms with Crippen LogP contribution < -0.4 is 10.1 Å². The molecule has 0 spiro atoms. The van der Waals surface area contributed by atoms with Gasteiger partial charge in [0.25, 0.3) is 5.91 Å². The highest BCUT2D eigenvalue weighted by atomic mass is 32.1. The minimum atomic E-state index is -0.578. The lowest BCUT2D eigenvalue weighted by Crippen LogP contribution is -2.16. The van der Waals surface area contributed by atoms with Crippen molar-refractivity contribution in [3.05, 3.63) is 51.4 Å². The highest BCUT2D eigenvalue weighted by Crippen LogP contribution is 2.33. The van der Waals surface area contributed by atoms with Crippen LogP contribution in [0.15, 0.2) is 29.8 Å². The van der Waals surface area contributed by atoms with E-state index >= 15 is 0 Å². The summed E-state index contributed by atoms with van der Waals surface area (Å²) in [7, 11) is 0. The van der Waals surface area contributed by atoms with Gasteiger partial charge in [-0.25, -0.2) is 4.79 Å². The zero-order valence-corrected chi connectivity index (χ0v) is 17.8. The average Bonchev–Trinajstić information content (AvgIpc) is 2.98. The number of esters is 1. The molecule has 0 saturated heterocycles. The van der Waals surface area contributed by atoms with Crippen LogP contribution in [0, 0.1) is 25.2 Å². The third-order valence-electron chi connectivity index (χ3n) is 4.12. The molecule has 7 heteroatoms. The number of aryl methyl sites for hydroxylation is 1. The fourth-order valence-corrected chi connectivity index (χ4v) is 3.57. The van der Waals surface area contributed by atoms with Crippen LogP contribution in [-0.2, 0) is 9.53 Å². The summed E-state index contributed by atoms with van der Waals surface area (Å²) in [6.07, 6.45) is 2.41. The first kappa shape index (κ1) is 22.2. The van der Waals surface area contributed by atoms with Crippen LogP contribution in [0.2, 0.25) is 0 Å². The Balaban J connectivity index is 2.23. The molecular weight excluding hydrogens is 388 g/mol. The second-order valence-corrected chi connectivity index (χ2v) is 7.47. The molecule has 0 saturated carbocycles. The zero-order chi connectivity index (χ0) is 21.4. The quantitative estimate of drug-likeness (QED) is 0.379. The first-order chi connectivity index (χ1) is 13.9. The van der Waals surface area contributed by atoms with Gasteiger partial charge in [0.15, 0.2) is 0 Å². The van der Waals surface area contributed by atoms with E-state index in [1.165, 1.54) is 17.4 Å². The summed E-state index contributed by atoms with van der Waals surface area (Å²) in [5.41, 5.74) is 1.72. The van der Waals surface area contributed by atoms with Gasteiger partial charge in [-0.3, -0.25) is 4.79 Å². The third-order valence-corrected chi connectivity index (χ3v) is 5.24. The Morgan fingerprint density at radius 1 is 1.21 bits per heavy atom. The Hall–Kier alpha value is -3.11. The topological polar surface area (TPSA) is 88.4 Å². The van der Waals surface area contributed by atoms with Crippen molar-refractivity contribution in [2.75, 3.05) is 18.5 Å². The predicted octanol–water partition coefficient (Wildman–Crippen LogP) is 4.88. The van der Waals surface area contributed by atoms with Crippen LogP contribution in [0.4, 0.5) is 5.00 Å². The van der Waals surface area contributed by atoms with Crippen molar-refractivity contribution in [2.24, 2.45) is 0 Å². The number of thiophene rings is 1. The molecule has 1 amide bonds. The minimum Gasteiger partial charge on any atom is -0.494 e. The summed E-state index contributed by atoms with van der Waals surface area (Å²) in [5.74, 6) is -0.337. The molecule has 0 fully saturated rings. The normalized spacial score (nSPS) is 10.9. The molecule has 29 heavy (non-hydrogen) atoms. The second kappa shape index (κ2) is 10.4. The summed E-state index contributed by atoms with van der Waals surface area (Å²) >= 11 is 1.28. The molecule has 6 nitrogen and oxygen atoms in total. The van der Waals surface area contributed by atoms with Gasteiger partial charge in [-0.2, -0.15) is 5.26 Å². The van der Waals surface area contributed by atoms with Crippen molar-refractivity contribution < 1.29 is 19.1 Å². The predicted molar refractivity (Wildman–Crippen MR) is 114 cm³/mol. The molecule has 2 aromatic rings. The number of nitriles is 1. The van der Waals surface area contributed by atoms with E-state index in [4.69, 9.17) is 9.47 Å². The van der Waals surface area contributed by atoms with Crippen LogP contribution in [0.5, 0.6) is 5.75 Å². The number of anilines is 1. The lowest BCUT2D eigenvalue weighted by molar-refractivity contribution is -0.112. The molecule has 0 aliphatic heterocycles. The number of benzene rings is 1. The molecule has 2 rings (SSSR count). The molecule has 0 bridgehead atoms. The summed E-state index contributed by atoms with van der Waals surface area (Å²) in [6.45, 7) is 8.28. The van der Waals surface area contributed by atoms with Gasteiger partial charge < -0.3 is 14.8 Å². The number of amides is 1. The number of hydrogen-bond donors (Lipinski definition) is 1. The third kappa shape index (κ3) is 5.69. The standard InChI is InChI=1S/C22H24N2O4S/c1-5-11-28-18-9-7-16(8-10-18)12-17(13-23)20(25)24-21-19(22(26)27-6-2)14(3)15(4)29-21/h7-10,12H,5-6,11H2,1-4H3,(H,24,25). The summed E-state index contributed by atoms with van der Waals surface area (Å²) in [5, 5.41) is 12.5. The van der Waals surface area contributed by atoms with E-state index in [0.717, 1.165) is 22.6 Å². The molecule has 0 aliphatic carbocycles. The van der Waals surface area contributed by atoms with Crippen LogP contribution in [0.1, 0.15) is 46.6 Å². The maximum Gasteiger partial charge on any atom is 0.341 e. The van der Waals surface area contributed by atoms with Gasteiger partial charge in [-0.1, -0.05) is 19.1 Å². The number of ether oxygens (including phenoxy) is 2. The Morgan fingerprint density at radius 2 is 1.90 bits per heavy atom.